The summed E-state index contributed by atoms with van der Waals surface area (Å²) in [5.41, 5.74) is 1.23. The fraction of sp³-hybridized carbons (Fsp3) is 0.333. The zero-order chi connectivity index (χ0) is 25.6. The first kappa shape index (κ1) is 23.9. The Morgan fingerprint density at radius 1 is 1.03 bits per heavy atom. The lowest BCUT2D eigenvalue weighted by Gasteiger charge is -2.11. The Bertz CT molecular complexity index is 1390. The second kappa shape index (κ2) is 8.99. The summed E-state index contributed by atoms with van der Waals surface area (Å²) in [5, 5.41) is 12.0. The number of hydrogen-bond acceptors (Lipinski definition) is 5. The SMILES string of the molecule is Cc1cc(C(F)F)n(-c2cc(Nc3c(C)c(-c4ccc(C(F)(F)F)cc4)nn3CC3CC3)ncn2)n1. The van der Waals surface area contributed by atoms with Gasteiger partial charge < -0.3 is 5.32 Å². The summed E-state index contributed by atoms with van der Waals surface area (Å²) in [5.74, 6) is 1.59. The molecule has 7 nitrogen and oxygen atoms in total. The molecule has 0 bridgehead atoms. The van der Waals surface area contributed by atoms with Gasteiger partial charge in [-0.05, 0) is 50.8 Å². The van der Waals surface area contributed by atoms with Crippen LogP contribution >= 0.6 is 0 Å². The maximum Gasteiger partial charge on any atom is 0.416 e. The molecule has 1 aliphatic carbocycles. The predicted octanol–water partition coefficient (Wildman–Crippen LogP) is 6.25. The molecule has 5 rings (SSSR count). The van der Waals surface area contributed by atoms with Crippen LogP contribution < -0.4 is 5.32 Å². The van der Waals surface area contributed by atoms with Crippen LogP contribution in [0.25, 0.3) is 17.1 Å². The van der Waals surface area contributed by atoms with E-state index in [9.17, 15) is 22.0 Å². The molecule has 0 spiro atoms. The first-order chi connectivity index (χ1) is 17.1. The van der Waals surface area contributed by atoms with Gasteiger partial charge in [0, 0.05) is 23.7 Å². The molecule has 0 unspecified atom stereocenters. The monoisotopic (exact) mass is 503 g/mol. The van der Waals surface area contributed by atoms with Crippen molar-refractivity contribution in [3.05, 3.63) is 65.2 Å². The Labute approximate surface area is 203 Å². The van der Waals surface area contributed by atoms with Gasteiger partial charge in [-0.1, -0.05) is 12.1 Å². The highest BCUT2D eigenvalue weighted by atomic mass is 19.4. The van der Waals surface area contributed by atoms with E-state index >= 15 is 0 Å². The van der Waals surface area contributed by atoms with E-state index < -0.39 is 18.2 Å². The van der Waals surface area contributed by atoms with Crippen LogP contribution in [-0.4, -0.2) is 29.5 Å². The van der Waals surface area contributed by atoms with Gasteiger partial charge in [0.2, 0.25) is 0 Å². The highest BCUT2D eigenvalue weighted by Gasteiger charge is 2.30. The van der Waals surface area contributed by atoms with Gasteiger partial charge in [0.1, 0.15) is 23.7 Å². The number of benzene rings is 1. The predicted molar refractivity (Wildman–Crippen MR) is 122 cm³/mol. The standard InChI is InChI=1S/C24H22F5N7/c1-13-9-18(22(25)26)36(33-13)20-10-19(30-12-31-20)32-23-14(2)21(34-35(23)11-15-3-4-15)16-5-7-17(8-6-16)24(27,28)29/h5-10,12,15,22H,3-4,11H2,1-2H3,(H,30,31,32). The molecular formula is C24H22F5N7. The summed E-state index contributed by atoms with van der Waals surface area (Å²) in [6, 6.07) is 7.67. The molecule has 1 N–H and O–H groups in total. The van der Waals surface area contributed by atoms with Crippen molar-refractivity contribution in [3.8, 4) is 17.1 Å². The van der Waals surface area contributed by atoms with Gasteiger partial charge in [-0.25, -0.2) is 28.1 Å². The molecule has 3 heterocycles. The zero-order valence-corrected chi connectivity index (χ0v) is 19.4. The second-order valence-electron chi connectivity index (χ2n) is 8.83. The van der Waals surface area contributed by atoms with E-state index in [0.717, 1.165) is 35.2 Å². The summed E-state index contributed by atoms with van der Waals surface area (Å²) in [6.45, 7) is 4.07. The minimum atomic E-state index is -4.42. The van der Waals surface area contributed by atoms with Gasteiger partial charge in [0.05, 0.1) is 17.0 Å². The minimum Gasteiger partial charge on any atom is -0.325 e. The molecule has 1 fully saturated rings. The molecule has 188 valence electrons. The summed E-state index contributed by atoms with van der Waals surface area (Å²) in [7, 11) is 0. The number of rotatable bonds is 7. The van der Waals surface area contributed by atoms with Crippen molar-refractivity contribution in [1.29, 1.82) is 0 Å². The molecular weight excluding hydrogens is 481 g/mol. The quantitative estimate of drug-likeness (QED) is 0.302. The number of nitrogens with zero attached hydrogens (tertiary/aromatic N) is 6. The molecule has 0 amide bonds. The highest BCUT2D eigenvalue weighted by molar-refractivity contribution is 5.71. The number of nitrogens with one attached hydrogen (secondary N) is 1. The highest BCUT2D eigenvalue weighted by Crippen LogP contribution is 2.37. The van der Waals surface area contributed by atoms with Gasteiger partial charge in [-0.3, -0.25) is 0 Å². The Balaban J connectivity index is 1.50. The van der Waals surface area contributed by atoms with Gasteiger partial charge in [-0.2, -0.15) is 23.4 Å². The van der Waals surface area contributed by atoms with Crippen molar-refractivity contribution in [2.45, 2.75) is 45.8 Å². The second-order valence-corrected chi connectivity index (χ2v) is 8.83. The van der Waals surface area contributed by atoms with Crippen LogP contribution in [0.5, 0.6) is 0 Å². The normalized spacial score (nSPS) is 14.0. The molecule has 0 radical (unpaired) electrons. The van der Waals surface area contributed by atoms with Crippen LogP contribution in [0, 0.1) is 19.8 Å². The maximum atomic E-state index is 13.5. The average molecular weight is 503 g/mol. The average Bonchev–Trinajstić information content (AvgIpc) is 3.49. The molecule has 4 aromatic rings. The lowest BCUT2D eigenvalue weighted by Crippen LogP contribution is -2.09. The first-order valence-electron chi connectivity index (χ1n) is 11.3. The molecule has 0 aliphatic heterocycles. The van der Waals surface area contributed by atoms with Crippen molar-refractivity contribution >= 4 is 11.6 Å². The van der Waals surface area contributed by atoms with Crippen LogP contribution in [0.15, 0.2) is 42.7 Å². The van der Waals surface area contributed by atoms with E-state index in [1.807, 2.05) is 6.92 Å². The van der Waals surface area contributed by atoms with Crippen LogP contribution in [0.4, 0.5) is 33.6 Å². The van der Waals surface area contributed by atoms with Gasteiger partial charge >= 0.3 is 6.18 Å². The molecule has 1 saturated carbocycles. The minimum absolute atomic E-state index is 0.171. The summed E-state index contributed by atoms with van der Waals surface area (Å²) in [4.78, 5) is 8.32. The van der Waals surface area contributed by atoms with Crippen molar-refractivity contribution in [3.63, 3.8) is 0 Å². The Hall–Kier alpha value is -3.83. The van der Waals surface area contributed by atoms with E-state index in [0.29, 0.717) is 41.0 Å². The number of aryl methyl sites for hydroxylation is 1. The van der Waals surface area contributed by atoms with Crippen molar-refractivity contribution in [2.24, 2.45) is 5.92 Å². The third-order valence-corrected chi connectivity index (χ3v) is 6.00. The Morgan fingerprint density at radius 3 is 2.39 bits per heavy atom. The molecule has 1 aromatic carbocycles. The molecule has 0 atom stereocenters. The lowest BCUT2D eigenvalue weighted by molar-refractivity contribution is -0.137. The Morgan fingerprint density at radius 2 is 1.75 bits per heavy atom. The molecule has 0 saturated heterocycles. The molecule has 36 heavy (non-hydrogen) atoms. The third kappa shape index (κ3) is 4.79. The smallest absolute Gasteiger partial charge is 0.325 e. The largest absolute Gasteiger partial charge is 0.416 e. The lowest BCUT2D eigenvalue weighted by atomic mass is 10.1. The van der Waals surface area contributed by atoms with Crippen LogP contribution in [0.2, 0.25) is 0 Å². The van der Waals surface area contributed by atoms with E-state index in [4.69, 9.17) is 0 Å². The number of aromatic nitrogens is 6. The number of halogens is 5. The summed E-state index contributed by atoms with van der Waals surface area (Å²) >= 11 is 0. The summed E-state index contributed by atoms with van der Waals surface area (Å²) in [6.07, 6.45) is -3.77. The number of alkyl halides is 5. The van der Waals surface area contributed by atoms with Gasteiger partial charge in [0.25, 0.3) is 6.43 Å². The van der Waals surface area contributed by atoms with E-state index in [-0.39, 0.29) is 11.5 Å². The van der Waals surface area contributed by atoms with Crippen molar-refractivity contribution < 1.29 is 22.0 Å². The fourth-order valence-electron chi connectivity index (χ4n) is 3.99. The van der Waals surface area contributed by atoms with E-state index in [1.165, 1.54) is 30.6 Å². The van der Waals surface area contributed by atoms with Crippen LogP contribution in [-0.2, 0) is 12.7 Å². The first-order valence-corrected chi connectivity index (χ1v) is 11.3. The Kier molecular flexibility index (Phi) is 5.97. The van der Waals surface area contributed by atoms with Gasteiger partial charge in [-0.15, -0.1) is 0 Å². The van der Waals surface area contributed by atoms with Crippen LogP contribution in [0.3, 0.4) is 0 Å². The third-order valence-electron chi connectivity index (χ3n) is 6.00. The topological polar surface area (TPSA) is 73.5 Å². The molecule has 1 aliphatic rings. The summed E-state index contributed by atoms with van der Waals surface area (Å²) < 4.78 is 68.8. The zero-order valence-electron chi connectivity index (χ0n) is 19.4. The number of anilines is 2. The number of hydrogen-bond donors (Lipinski definition) is 1. The van der Waals surface area contributed by atoms with Crippen molar-refractivity contribution in [2.75, 3.05) is 5.32 Å². The van der Waals surface area contributed by atoms with Crippen LogP contribution in [0.1, 0.15) is 41.8 Å². The molecule has 3 aromatic heterocycles. The van der Waals surface area contributed by atoms with Gasteiger partial charge in [0.15, 0.2) is 5.82 Å². The van der Waals surface area contributed by atoms with Crippen molar-refractivity contribution in [1.82, 2.24) is 29.5 Å². The van der Waals surface area contributed by atoms with E-state index in [2.05, 4.69) is 25.5 Å². The molecule has 12 heteroatoms. The maximum absolute atomic E-state index is 13.5. The van der Waals surface area contributed by atoms with E-state index in [1.54, 1.807) is 11.6 Å². The fourth-order valence-corrected chi connectivity index (χ4v) is 3.99.